The molecule has 0 radical (unpaired) electrons. The monoisotopic (exact) mass is 229 g/mol. The summed E-state index contributed by atoms with van der Waals surface area (Å²) in [5.41, 5.74) is 5.25. The van der Waals surface area contributed by atoms with Crippen molar-refractivity contribution < 1.29 is 4.74 Å². The summed E-state index contributed by atoms with van der Waals surface area (Å²) in [6.07, 6.45) is 2.18. The largest absolute Gasteiger partial charge is 0.371 e. The average Bonchev–Trinajstić information content (AvgIpc) is 1.81. The molecule has 0 atom stereocenters. The number of nitrogens with two attached hydrogens (primary N) is 1. The highest BCUT2D eigenvalue weighted by Gasteiger charge is 1.83. The predicted octanol–water partition coefficient (Wildman–Crippen LogP) is 1.13. The van der Waals surface area contributed by atoms with Crippen LogP contribution in [0.4, 0.5) is 0 Å². The second-order valence-electron chi connectivity index (χ2n) is 1.51. The van der Waals surface area contributed by atoms with Crippen molar-refractivity contribution in [1.29, 1.82) is 0 Å². The minimum atomic E-state index is 0.782. The third-order valence-corrected chi connectivity index (χ3v) is 1.26. The van der Waals surface area contributed by atoms with Crippen LogP contribution in [0, 0.1) is 0 Å². The lowest BCUT2D eigenvalue weighted by molar-refractivity contribution is 0.186. The molecular formula is C5H12INO. The zero-order valence-corrected chi connectivity index (χ0v) is 7.06. The molecule has 0 fully saturated rings. The fraction of sp³-hybridized carbons (Fsp3) is 1.00. The minimum Gasteiger partial charge on any atom is -0.371 e. The van der Waals surface area contributed by atoms with Crippen LogP contribution >= 0.6 is 22.6 Å². The number of hydrogen-bond donors (Lipinski definition) is 1. The van der Waals surface area contributed by atoms with E-state index in [1.165, 1.54) is 0 Å². The second-order valence-corrected chi connectivity index (χ2v) is 2.14. The maximum Gasteiger partial charge on any atom is 0.0979 e. The maximum atomic E-state index is 5.25. The van der Waals surface area contributed by atoms with Gasteiger partial charge >= 0.3 is 0 Å². The van der Waals surface area contributed by atoms with Gasteiger partial charge < -0.3 is 10.5 Å². The number of ether oxygens (including phenoxy) is 1. The van der Waals surface area contributed by atoms with Crippen LogP contribution in [0.25, 0.3) is 0 Å². The van der Waals surface area contributed by atoms with E-state index in [1.54, 1.807) is 0 Å². The van der Waals surface area contributed by atoms with E-state index in [2.05, 4.69) is 22.6 Å². The molecule has 0 aromatic heterocycles. The van der Waals surface area contributed by atoms with Gasteiger partial charge in [0, 0.05) is 6.61 Å². The van der Waals surface area contributed by atoms with Gasteiger partial charge in [-0.2, -0.15) is 0 Å². The molecule has 0 spiro atoms. The summed E-state index contributed by atoms with van der Waals surface area (Å²) >= 11 is 2.19. The van der Waals surface area contributed by atoms with Crippen LogP contribution in [-0.4, -0.2) is 17.8 Å². The molecule has 0 aromatic rings. The number of rotatable bonds is 5. The molecule has 0 saturated carbocycles. The number of alkyl halides is 1. The Hall–Kier alpha value is 0.650. The Morgan fingerprint density at radius 2 is 2.12 bits per heavy atom. The Balaban J connectivity index is 2.53. The highest BCUT2D eigenvalue weighted by molar-refractivity contribution is 14.1. The molecule has 3 heteroatoms. The Morgan fingerprint density at radius 1 is 1.38 bits per heavy atom. The van der Waals surface area contributed by atoms with Crippen LogP contribution < -0.4 is 5.73 Å². The molecule has 0 aromatic carbocycles. The Morgan fingerprint density at radius 3 is 2.62 bits per heavy atom. The molecule has 0 saturated heterocycles. The SMILES string of the molecule is NCCCCOCI. The second kappa shape index (κ2) is 7.65. The summed E-state index contributed by atoms with van der Waals surface area (Å²) in [6.45, 7) is 1.64. The molecule has 0 aliphatic rings. The van der Waals surface area contributed by atoms with Gasteiger partial charge in [0.25, 0.3) is 0 Å². The lowest BCUT2D eigenvalue weighted by Crippen LogP contribution is -2.00. The Bertz CT molecular complexity index is 37.4. The first kappa shape index (κ1) is 8.65. The molecule has 8 heavy (non-hydrogen) atoms. The Labute approximate surface area is 63.9 Å². The summed E-state index contributed by atoms with van der Waals surface area (Å²) in [6, 6.07) is 0. The van der Waals surface area contributed by atoms with Crippen LogP contribution in [0.1, 0.15) is 12.8 Å². The van der Waals surface area contributed by atoms with E-state index < -0.39 is 0 Å². The van der Waals surface area contributed by atoms with E-state index in [0.29, 0.717) is 0 Å². The molecule has 0 bridgehead atoms. The van der Waals surface area contributed by atoms with Gasteiger partial charge in [0.1, 0.15) is 0 Å². The van der Waals surface area contributed by atoms with E-state index in [-0.39, 0.29) is 0 Å². The smallest absolute Gasteiger partial charge is 0.0979 e. The minimum absolute atomic E-state index is 0.782. The lowest BCUT2D eigenvalue weighted by Gasteiger charge is -1.96. The van der Waals surface area contributed by atoms with E-state index in [9.17, 15) is 0 Å². The van der Waals surface area contributed by atoms with Gasteiger partial charge in [-0.15, -0.1) is 0 Å². The third-order valence-electron chi connectivity index (χ3n) is 0.820. The molecular weight excluding hydrogens is 217 g/mol. The molecule has 0 rings (SSSR count). The van der Waals surface area contributed by atoms with Crippen LogP contribution in [0.5, 0.6) is 0 Å². The van der Waals surface area contributed by atoms with Crippen molar-refractivity contribution in [2.45, 2.75) is 12.8 Å². The van der Waals surface area contributed by atoms with Crippen LogP contribution in [0.2, 0.25) is 0 Å². The normalized spacial score (nSPS) is 9.75. The van der Waals surface area contributed by atoms with Gasteiger partial charge in [-0.1, -0.05) is 22.6 Å². The van der Waals surface area contributed by atoms with Gasteiger partial charge in [-0.25, -0.2) is 0 Å². The van der Waals surface area contributed by atoms with E-state index in [4.69, 9.17) is 10.5 Å². The van der Waals surface area contributed by atoms with Gasteiger partial charge in [0.2, 0.25) is 0 Å². The van der Waals surface area contributed by atoms with Gasteiger partial charge in [-0.3, -0.25) is 0 Å². The fourth-order valence-corrected chi connectivity index (χ4v) is 0.714. The number of unbranched alkanes of at least 4 members (excludes halogenated alkanes) is 1. The zero-order valence-electron chi connectivity index (χ0n) is 4.90. The predicted molar refractivity (Wildman–Crippen MR) is 43.1 cm³/mol. The number of hydrogen-bond acceptors (Lipinski definition) is 2. The summed E-state index contributed by atoms with van der Waals surface area (Å²) < 4.78 is 5.86. The highest BCUT2D eigenvalue weighted by Crippen LogP contribution is 1.89. The first-order valence-corrected chi connectivity index (χ1v) is 4.28. The first-order chi connectivity index (χ1) is 3.91. The average molecular weight is 229 g/mol. The standard InChI is InChI=1S/C5H12INO/c6-5-8-4-2-1-3-7/h1-5,7H2. The van der Waals surface area contributed by atoms with Crippen molar-refractivity contribution in [3.63, 3.8) is 0 Å². The topological polar surface area (TPSA) is 35.2 Å². The maximum absolute atomic E-state index is 5.25. The molecule has 50 valence electrons. The van der Waals surface area contributed by atoms with Gasteiger partial charge in [-0.05, 0) is 19.4 Å². The fourth-order valence-electron chi connectivity index (χ4n) is 0.403. The molecule has 0 unspecified atom stereocenters. The highest BCUT2D eigenvalue weighted by atomic mass is 127. The van der Waals surface area contributed by atoms with E-state index >= 15 is 0 Å². The Kier molecular flexibility index (Phi) is 8.27. The van der Waals surface area contributed by atoms with Crippen molar-refractivity contribution in [2.24, 2.45) is 5.73 Å². The van der Waals surface area contributed by atoms with Crippen molar-refractivity contribution >= 4 is 22.6 Å². The molecule has 0 heterocycles. The molecule has 0 aliphatic carbocycles. The molecule has 2 nitrogen and oxygen atoms in total. The molecule has 0 amide bonds. The van der Waals surface area contributed by atoms with E-state index in [0.717, 1.165) is 30.6 Å². The molecule has 2 N–H and O–H groups in total. The summed E-state index contributed by atoms with van der Waals surface area (Å²) in [7, 11) is 0. The quantitative estimate of drug-likeness (QED) is 0.435. The third kappa shape index (κ3) is 6.65. The zero-order chi connectivity index (χ0) is 6.24. The van der Waals surface area contributed by atoms with Gasteiger partial charge in [0.05, 0.1) is 4.61 Å². The van der Waals surface area contributed by atoms with E-state index in [1.807, 2.05) is 0 Å². The summed E-state index contributed by atoms with van der Waals surface area (Å²) in [4.78, 5) is 0. The van der Waals surface area contributed by atoms with Crippen molar-refractivity contribution in [3.05, 3.63) is 0 Å². The van der Waals surface area contributed by atoms with Gasteiger partial charge in [0.15, 0.2) is 0 Å². The summed E-state index contributed by atoms with van der Waals surface area (Å²) in [5, 5.41) is 0. The number of halogens is 1. The van der Waals surface area contributed by atoms with Crippen molar-refractivity contribution in [1.82, 2.24) is 0 Å². The lowest BCUT2D eigenvalue weighted by atomic mass is 10.3. The van der Waals surface area contributed by atoms with Crippen LogP contribution in [0.15, 0.2) is 0 Å². The first-order valence-electron chi connectivity index (χ1n) is 2.75. The summed E-state index contributed by atoms with van der Waals surface area (Å²) in [5.74, 6) is 0. The van der Waals surface area contributed by atoms with Crippen molar-refractivity contribution in [3.8, 4) is 0 Å². The van der Waals surface area contributed by atoms with Crippen LogP contribution in [-0.2, 0) is 4.74 Å². The molecule has 0 aliphatic heterocycles. The van der Waals surface area contributed by atoms with Crippen molar-refractivity contribution in [2.75, 3.05) is 17.8 Å². The van der Waals surface area contributed by atoms with Crippen LogP contribution in [0.3, 0.4) is 0 Å².